The van der Waals surface area contributed by atoms with Gasteiger partial charge in [-0.3, -0.25) is 9.58 Å². The molecule has 20 heavy (non-hydrogen) atoms. The quantitative estimate of drug-likeness (QED) is 0.861. The van der Waals surface area contributed by atoms with Gasteiger partial charge in [0.15, 0.2) is 0 Å². The zero-order chi connectivity index (χ0) is 14.8. The second-order valence-electron chi connectivity index (χ2n) is 5.82. The van der Waals surface area contributed by atoms with Gasteiger partial charge in [0.2, 0.25) is 0 Å². The van der Waals surface area contributed by atoms with E-state index in [1.807, 2.05) is 6.20 Å². The van der Waals surface area contributed by atoms with Crippen LogP contribution in [0.4, 0.5) is 0 Å². The molecule has 0 aromatic carbocycles. The number of rotatable bonds is 6. The summed E-state index contributed by atoms with van der Waals surface area (Å²) < 4.78 is 3.22. The summed E-state index contributed by atoms with van der Waals surface area (Å²) in [5.74, 6) is 0. The summed E-state index contributed by atoms with van der Waals surface area (Å²) in [6, 6.07) is 0.280. The van der Waals surface area contributed by atoms with Crippen molar-refractivity contribution in [1.82, 2.24) is 20.0 Å². The van der Waals surface area contributed by atoms with Gasteiger partial charge in [-0.15, -0.1) is 0 Å². The van der Waals surface area contributed by atoms with E-state index in [9.17, 15) is 0 Å². The van der Waals surface area contributed by atoms with Crippen LogP contribution in [-0.2, 0) is 6.54 Å². The SMILES string of the molecule is CCn1ncc(Br)c1C(NC)C(C)(CC)N1CCCC1. The highest BCUT2D eigenvalue weighted by molar-refractivity contribution is 9.10. The van der Waals surface area contributed by atoms with Crippen LogP contribution in [-0.4, -0.2) is 40.4 Å². The molecule has 4 nitrogen and oxygen atoms in total. The van der Waals surface area contributed by atoms with E-state index >= 15 is 0 Å². The molecule has 1 aliphatic rings. The molecule has 2 atom stereocenters. The van der Waals surface area contributed by atoms with Gasteiger partial charge >= 0.3 is 0 Å². The lowest BCUT2D eigenvalue weighted by atomic mass is 9.85. The molecule has 1 aromatic rings. The van der Waals surface area contributed by atoms with Crippen LogP contribution in [0.15, 0.2) is 10.7 Å². The number of nitrogens with one attached hydrogen (secondary N) is 1. The molecule has 0 aliphatic carbocycles. The Balaban J connectivity index is 2.40. The highest BCUT2D eigenvalue weighted by Crippen LogP contribution is 2.38. The molecule has 2 unspecified atom stereocenters. The highest BCUT2D eigenvalue weighted by atomic mass is 79.9. The average molecular weight is 343 g/mol. The Morgan fingerprint density at radius 1 is 1.40 bits per heavy atom. The molecule has 0 amide bonds. The Morgan fingerprint density at radius 3 is 2.55 bits per heavy atom. The zero-order valence-corrected chi connectivity index (χ0v) is 14.7. The van der Waals surface area contributed by atoms with Crippen molar-refractivity contribution in [3.8, 4) is 0 Å². The summed E-state index contributed by atoms with van der Waals surface area (Å²) in [6.45, 7) is 10.1. The number of aromatic nitrogens is 2. The number of hydrogen-bond acceptors (Lipinski definition) is 3. The van der Waals surface area contributed by atoms with E-state index in [1.165, 1.54) is 31.6 Å². The van der Waals surface area contributed by atoms with E-state index in [-0.39, 0.29) is 11.6 Å². The third-order valence-electron chi connectivity index (χ3n) is 4.86. The molecular weight excluding hydrogens is 316 g/mol. The Kier molecular flexibility index (Phi) is 5.26. The summed E-state index contributed by atoms with van der Waals surface area (Å²) in [7, 11) is 2.06. The Labute approximate surface area is 131 Å². The fourth-order valence-electron chi connectivity index (χ4n) is 3.49. The third kappa shape index (κ3) is 2.68. The summed E-state index contributed by atoms with van der Waals surface area (Å²) >= 11 is 3.69. The van der Waals surface area contributed by atoms with E-state index in [0.29, 0.717) is 0 Å². The first kappa shape index (κ1) is 16.0. The van der Waals surface area contributed by atoms with E-state index in [1.54, 1.807) is 0 Å². The van der Waals surface area contributed by atoms with Gasteiger partial charge in [0.1, 0.15) is 0 Å². The second kappa shape index (κ2) is 6.58. The van der Waals surface area contributed by atoms with Gasteiger partial charge in [-0.2, -0.15) is 5.10 Å². The van der Waals surface area contributed by atoms with Gasteiger partial charge in [0.05, 0.1) is 22.4 Å². The number of likely N-dealkylation sites (N-methyl/N-ethyl adjacent to an activating group) is 1. The Morgan fingerprint density at radius 2 is 2.05 bits per heavy atom. The third-order valence-corrected chi connectivity index (χ3v) is 5.47. The maximum atomic E-state index is 4.49. The van der Waals surface area contributed by atoms with E-state index in [0.717, 1.165) is 17.4 Å². The first-order valence-corrected chi connectivity index (χ1v) is 8.51. The minimum absolute atomic E-state index is 0.126. The first-order valence-electron chi connectivity index (χ1n) is 7.72. The number of likely N-dealkylation sites (tertiary alicyclic amines) is 1. The van der Waals surface area contributed by atoms with Crippen LogP contribution < -0.4 is 5.32 Å². The predicted octanol–water partition coefficient (Wildman–Crippen LogP) is 3.19. The largest absolute Gasteiger partial charge is 0.310 e. The Hall–Kier alpha value is -0.390. The lowest BCUT2D eigenvalue weighted by Gasteiger charge is -2.44. The number of hydrogen-bond donors (Lipinski definition) is 1. The van der Waals surface area contributed by atoms with Crippen molar-refractivity contribution in [3.63, 3.8) is 0 Å². The fourth-order valence-corrected chi connectivity index (χ4v) is 4.02. The van der Waals surface area contributed by atoms with Gasteiger partial charge in [0, 0.05) is 12.1 Å². The molecule has 1 saturated heterocycles. The van der Waals surface area contributed by atoms with Gasteiger partial charge < -0.3 is 5.32 Å². The minimum atomic E-state index is 0.126. The molecule has 114 valence electrons. The molecule has 5 heteroatoms. The molecule has 1 aliphatic heterocycles. The zero-order valence-electron chi connectivity index (χ0n) is 13.1. The lowest BCUT2D eigenvalue weighted by molar-refractivity contribution is 0.0833. The van der Waals surface area contributed by atoms with Crippen molar-refractivity contribution in [2.45, 2.75) is 58.2 Å². The van der Waals surface area contributed by atoms with Crippen LogP contribution in [0.5, 0.6) is 0 Å². The van der Waals surface area contributed by atoms with Crippen molar-refractivity contribution >= 4 is 15.9 Å². The standard InChI is InChI=1S/C15H27BrN4/c1-5-15(3,19-9-7-8-10-19)14(17-4)13-12(16)11-18-20(13)6-2/h11,14,17H,5-10H2,1-4H3. The number of halogens is 1. The van der Waals surface area contributed by atoms with Gasteiger partial charge in [-0.25, -0.2) is 0 Å². The summed E-state index contributed by atoms with van der Waals surface area (Å²) in [5.41, 5.74) is 1.40. The topological polar surface area (TPSA) is 33.1 Å². The van der Waals surface area contributed by atoms with Crippen molar-refractivity contribution in [1.29, 1.82) is 0 Å². The van der Waals surface area contributed by atoms with Crippen molar-refractivity contribution < 1.29 is 0 Å². The fraction of sp³-hybridized carbons (Fsp3) is 0.800. The van der Waals surface area contributed by atoms with Crippen molar-refractivity contribution in [2.75, 3.05) is 20.1 Å². The molecule has 1 aromatic heterocycles. The van der Waals surface area contributed by atoms with Gasteiger partial charge in [-0.1, -0.05) is 6.92 Å². The van der Waals surface area contributed by atoms with Crippen LogP contribution in [0.1, 0.15) is 51.8 Å². The summed E-state index contributed by atoms with van der Waals surface area (Å²) in [6.07, 6.45) is 5.68. The summed E-state index contributed by atoms with van der Waals surface area (Å²) in [4.78, 5) is 2.65. The van der Waals surface area contributed by atoms with E-state index in [4.69, 9.17) is 0 Å². The molecule has 1 fully saturated rings. The number of aryl methyl sites for hydroxylation is 1. The second-order valence-corrected chi connectivity index (χ2v) is 6.67. The van der Waals surface area contributed by atoms with Gasteiger partial charge in [0.25, 0.3) is 0 Å². The molecule has 2 heterocycles. The van der Waals surface area contributed by atoms with Crippen LogP contribution >= 0.6 is 15.9 Å². The molecule has 0 spiro atoms. The molecule has 0 radical (unpaired) electrons. The summed E-state index contributed by atoms with van der Waals surface area (Å²) in [5, 5.41) is 8.04. The smallest absolute Gasteiger partial charge is 0.0714 e. The molecule has 1 N–H and O–H groups in total. The monoisotopic (exact) mass is 342 g/mol. The molecule has 0 saturated carbocycles. The molecule has 2 rings (SSSR count). The maximum Gasteiger partial charge on any atom is 0.0714 e. The lowest BCUT2D eigenvalue weighted by Crippen LogP contribution is -2.53. The van der Waals surface area contributed by atoms with Crippen LogP contribution in [0, 0.1) is 0 Å². The van der Waals surface area contributed by atoms with E-state index < -0.39 is 0 Å². The normalized spacial score (nSPS) is 21.1. The average Bonchev–Trinajstić information content (AvgIpc) is 3.10. The van der Waals surface area contributed by atoms with Crippen LogP contribution in [0.3, 0.4) is 0 Å². The minimum Gasteiger partial charge on any atom is -0.310 e. The Bertz CT molecular complexity index is 439. The highest BCUT2D eigenvalue weighted by Gasteiger charge is 2.41. The number of nitrogens with zero attached hydrogens (tertiary/aromatic N) is 3. The molecule has 0 bridgehead atoms. The predicted molar refractivity (Wildman–Crippen MR) is 86.9 cm³/mol. The van der Waals surface area contributed by atoms with Gasteiger partial charge in [-0.05, 0) is 69.2 Å². The van der Waals surface area contributed by atoms with Crippen molar-refractivity contribution in [2.24, 2.45) is 0 Å². The van der Waals surface area contributed by atoms with Crippen molar-refractivity contribution in [3.05, 3.63) is 16.4 Å². The van der Waals surface area contributed by atoms with Crippen LogP contribution in [0.2, 0.25) is 0 Å². The first-order chi connectivity index (χ1) is 9.58. The van der Waals surface area contributed by atoms with Crippen LogP contribution in [0.25, 0.3) is 0 Å². The molecular formula is C15H27BrN4. The maximum absolute atomic E-state index is 4.49. The van der Waals surface area contributed by atoms with E-state index in [2.05, 4.69) is 63.7 Å².